The maximum atomic E-state index is 13.6. The summed E-state index contributed by atoms with van der Waals surface area (Å²) in [5.74, 6) is 4.76. The second-order valence-corrected chi connectivity index (χ2v) is 6.79. The number of amides is 1. The highest BCUT2D eigenvalue weighted by atomic mass is 19.1. The molecule has 8 nitrogen and oxygen atoms in total. The van der Waals surface area contributed by atoms with Crippen molar-refractivity contribution < 1.29 is 18.3 Å². The van der Waals surface area contributed by atoms with Crippen molar-refractivity contribution in [2.24, 2.45) is 0 Å². The maximum absolute atomic E-state index is 13.6. The van der Waals surface area contributed by atoms with Crippen LogP contribution in [-0.2, 0) is 4.79 Å². The highest BCUT2D eigenvalue weighted by Crippen LogP contribution is 2.21. The van der Waals surface area contributed by atoms with Crippen molar-refractivity contribution >= 4 is 22.9 Å². The van der Waals surface area contributed by atoms with Crippen LogP contribution in [0.5, 0.6) is 5.75 Å². The van der Waals surface area contributed by atoms with Gasteiger partial charge in [-0.05, 0) is 30.6 Å². The molecule has 10 heteroatoms. The predicted molar refractivity (Wildman–Crippen MR) is 109 cm³/mol. The van der Waals surface area contributed by atoms with Crippen LogP contribution in [0.3, 0.4) is 0 Å². The number of rotatable bonds is 5. The number of carbonyl (C=O) groups excluding carboxylic acids is 1. The number of hydrogen-bond acceptors (Lipinski definition) is 6. The summed E-state index contributed by atoms with van der Waals surface area (Å²) in [5, 5.41) is 3.31. The van der Waals surface area contributed by atoms with Crippen molar-refractivity contribution in [2.45, 2.75) is 12.5 Å². The summed E-state index contributed by atoms with van der Waals surface area (Å²) in [5.41, 5.74) is 1.02. The van der Waals surface area contributed by atoms with E-state index in [4.69, 9.17) is 4.74 Å². The molecule has 31 heavy (non-hydrogen) atoms. The number of carbonyl (C=O) groups is 1. The Balaban J connectivity index is 1.43. The zero-order valence-electron chi connectivity index (χ0n) is 16.4. The van der Waals surface area contributed by atoms with Gasteiger partial charge in [0.2, 0.25) is 5.91 Å². The molecule has 3 heterocycles. The van der Waals surface area contributed by atoms with Crippen LogP contribution in [0.15, 0.2) is 37.2 Å². The van der Waals surface area contributed by atoms with Crippen LogP contribution in [0.4, 0.5) is 14.6 Å². The van der Waals surface area contributed by atoms with Crippen LogP contribution >= 0.6 is 0 Å². The van der Waals surface area contributed by atoms with E-state index in [2.05, 4.69) is 43.7 Å². The van der Waals surface area contributed by atoms with E-state index in [-0.39, 0.29) is 24.3 Å². The molecule has 1 aromatic carbocycles. The molecule has 1 saturated heterocycles. The van der Waals surface area contributed by atoms with Crippen LogP contribution in [0, 0.1) is 23.5 Å². The van der Waals surface area contributed by atoms with E-state index in [9.17, 15) is 13.6 Å². The van der Waals surface area contributed by atoms with E-state index >= 15 is 0 Å². The van der Waals surface area contributed by atoms with Crippen molar-refractivity contribution in [3.05, 3.63) is 54.6 Å². The first-order valence-electron chi connectivity index (χ1n) is 9.49. The molecule has 1 aliphatic heterocycles. The zero-order valence-corrected chi connectivity index (χ0v) is 16.4. The number of likely N-dealkylation sites (tertiary alicyclic amines) is 1. The molecular weight excluding hydrogens is 406 g/mol. The highest BCUT2D eigenvalue weighted by molar-refractivity contribution is 5.87. The van der Waals surface area contributed by atoms with Gasteiger partial charge in [0.05, 0.1) is 0 Å². The van der Waals surface area contributed by atoms with E-state index in [0.717, 1.165) is 18.6 Å². The lowest BCUT2D eigenvalue weighted by molar-refractivity contribution is -0.125. The molecule has 158 valence electrons. The van der Waals surface area contributed by atoms with Gasteiger partial charge in [-0.25, -0.2) is 23.7 Å². The number of H-pyrrole nitrogens is 1. The van der Waals surface area contributed by atoms with Gasteiger partial charge in [-0.2, -0.15) is 0 Å². The molecule has 0 saturated carbocycles. The van der Waals surface area contributed by atoms with Crippen LogP contribution in [0.2, 0.25) is 0 Å². The number of ether oxygens (including phenoxy) is 1. The number of halogens is 2. The lowest BCUT2D eigenvalue weighted by Gasteiger charge is -2.15. The zero-order chi connectivity index (χ0) is 21.8. The number of hydrogen-bond donors (Lipinski definition) is 2. The third-order valence-corrected chi connectivity index (χ3v) is 4.70. The van der Waals surface area contributed by atoms with Gasteiger partial charge in [-0.3, -0.25) is 4.79 Å². The first-order valence-corrected chi connectivity index (χ1v) is 9.49. The van der Waals surface area contributed by atoms with Gasteiger partial charge in [-0.15, -0.1) is 0 Å². The first-order chi connectivity index (χ1) is 15.0. The number of benzene rings is 1. The Kier molecular flexibility index (Phi) is 5.75. The fraction of sp³-hybridized carbons (Fsp3) is 0.238. The van der Waals surface area contributed by atoms with Crippen LogP contribution in [-0.4, -0.2) is 56.5 Å². The van der Waals surface area contributed by atoms with Crippen molar-refractivity contribution in [3.8, 4) is 17.6 Å². The summed E-state index contributed by atoms with van der Waals surface area (Å²) in [6.07, 6.45) is 3.48. The Morgan fingerprint density at radius 2 is 2.29 bits per heavy atom. The standard InChI is InChI=1S/C21H18F2N6O2/c1-2-18(30)29-8-7-14(11-29)26-20-19-21(25-12-24-20)28-17(27-19)4-3-9-31-16-6-5-13(22)10-15(16)23/h2,5-6,10,12,14H,1,7-9,11H2,(H2,24,25,26,27,28). The van der Waals surface area contributed by atoms with Gasteiger partial charge in [0.15, 0.2) is 28.9 Å². The van der Waals surface area contributed by atoms with Gasteiger partial charge in [0.25, 0.3) is 0 Å². The average molecular weight is 424 g/mol. The van der Waals surface area contributed by atoms with E-state index in [0.29, 0.717) is 35.9 Å². The summed E-state index contributed by atoms with van der Waals surface area (Å²) in [6.45, 7) is 4.60. The molecule has 0 bridgehead atoms. The summed E-state index contributed by atoms with van der Waals surface area (Å²) >= 11 is 0. The Morgan fingerprint density at radius 1 is 1.42 bits per heavy atom. The first kappa shape index (κ1) is 20.3. The number of aromatic nitrogens is 4. The van der Waals surface area contributed by atoms with E-state index < -0.39 is 11.6 Å². The SMILES string of the molecule is C=CC(=O)N1CCC(Nc2ncnc3nc(C#CCOc4ccc(F)cc4F)[nH]c23)C1. The Morgan fingerprint density at radius 3 is 3.10 bits per heavy atom. The van der Waals surface area contributed by atoms with Crippen LogP contribution in [0.1, 0.15) is 12.2 Å². The molecule has 2 aromatic heterocycles. The normalized spacial score (nSPS) is 15.4. The Bertz CT molecular complexity index is 1200. The summed E-state index contributed by atoms with van der Waals surface area (Å²) in [7, 11) is 0. The van der Waals surface area contributed by atoms with Gasteiger partial charge >= 0.3 is 0 Å². The quantitative estimate of drug-likeness (QED) is 0.482. The van der Waals surface area contributed by atoms with E-state index in [1.807, 2.05) is 0 Å². The third kappa shape index (κ3) is 4.61. The minimum absolute atomic E-state index is 0.0406. The van der Waals surface area contributed by atoms with Gasteiger partial charge in [0.1, 0.15) is 24.3 Å². The second kappa shape index (κ2) is 8.79. The number of aromatic amines is 1. The molecule has 1 unspecified atom stereocenters. The molecule has 1 fully saturated rings. The number of fused-ring (bicyclic) bond motifs is 1. The minimum atomic E-state index is -0.795. The van der Waals surface area contributed by atoms with Crippen molar-refractivity contribution in [3.63, 3.8) is 0 Å². The smallest absolute Gasteiger partial charge is 0.246 e. The van der Waals surface area contributed by atoms with Crippen LogP contribution in [0.25, 0.3) is 11.2 Å². The second-order valence-electron chi connectivity index (χ2n) is 6.79. The summed E-state index contributed by atoms with van der Waals surface area (Å²) in [4.78, 5) is 29.2. The number of imidazole rings is 1. The molecule has 0 spiro atoms. The van der Waals surface area contributed by atoms with Crippen molar-refractivity contribution in [2.75, 3.05) is 25.0 Å². The highest BCUT2D eigenvalue weighted by Gasteiger charge is 2.25. The molecule has 0 aliphatic carbocycles. The van der Waals surface area contributed by atoms with E-state index in [1.54, 1.807) is 4.90 Å². The molecular formula is C21H18F2N6O2. The maximum Gasteiger partial charge on any atom is 0.246 e. The molecule has 1 aliphatic rings. The molecule has 0 radical (unpaired) electrons. The van der Waals surface area contributed by atoms with Crippen molar-refractivity contribution in [1.82, 2.24) is 24.8 Å². The number of anilines is 1. The fourth-order valence-electron chi connectivity index (χ4n) is 3.22. The number of nitrogens with one attached hydrogen (secondary N) is 2. The fourth-order valence-corrected chi connectivity index (χ4v) is 3.22. The summed E-state index contributed by atoms with van der Waals surface area (Å²) < 4.78 is 31.7. The third-order valence-electron chi connectivity index (χ3n) is 4.70. The van der Waals surface area contributed by atoms with E-state index in [1.165, 1.54) is 18.5 Å². The number of nitrogens with zero attached hydrogens (tertiary/aromatic N) is 4. The Hall–Kier alpha value is -4.00. The molecule has 2 N–H and O–H groups in total. The minimum Gasteiger partial charge on any atom is -0.478 e. The molecule has 4 rings (SSSR count). The average Bonchev–Trinajstić information content (AvgIpc) is 3.39. The largest absolute Gasteiger partial charge is 0.478 e. The van der Waals surface area contributed by atoms with Gasteiger partial charge < -0.3 is 19.9 Å². The van der Waals surface area contributed by atoms with Crippen molar-refractivity contribution in [1.29, 1.82) is 0 Å². The molecule has 1 amide bonds. The summed E-state index contributed by atoms with van der Waals surface area (Å²) in [6, 6.07) is 3.09. The Labute approximate surface area is 176 Å². The molecule has 3 aromatic rings. The monoisotopic (exact) mass is 424 g/mol. The topological polar surface area (TPSA) is 96.0 Å². The van der Waals surface area contributed by atoms with Gasteiger partial charge in [-0.1, -0.05) is 12.5 Å². The lowest BCUT2D eigenvalue weighted by atomic mass is 10.2. The van der Waals surface area contributed by atoms with Crippen LogP contribution < -0.4 is 10.1 Å². The predicted octanol–water partition coefficient (Wildman–Crippen LogP) is 2.26. The molecule has 1 atom stereocenters. The van der Waals surface area contributed by atoms with Gasteiger partial charge in [0, 0.05) is 25.2 Å². The lowest BCUT2D eigenvalue weighted by Crippen LogP contribution is -2.30.